The summed E-state index contributed by atoms with van der Waals surface area (Å²) in [6.07, 6.45) is 5.34. The number of halogens is 1. The van der Waals surface area contributed by atoms with Gasteiger partial charge in [-0.25, -0.2) is 9.37 Å². The van der Waals surface area contributed by atoms with E-state index < -0.39 is 5.82 Å². The van der Waals surface area contributed by atoms with Gasteiger partial charge in [0, 0.05) is 18.8 Å². The molecule has 0 saturated heterocycles. The van der Waals surface area contributed by atoms with Gasteiger partial charge in [0.1, 0.15) is 0 Å². The number of nitrogens with zero attached hydrogens (tertiary/aromatic N) is 2. The van der Waals surface area contributed by atoms with Gasteiger partial charge in [-0.15, -0.1) is 0 Å². The van der Waals surface area contributed by atoms with Crippen molar-refractivity contribution in [1.29, 1.82) is 0 Å². The minimum Gasteiger partial charge on any atom is -0.381 e. The monoisotopic (exact) mass is 251 g/mol. The Balaban J connectivity index is 2.19. The van der Waals surface area contributed by atoms with Crippen LogP contribution in [0, 0.1) is 5.82 Å². The number of rotatable bonds is 5. The fourth-order valence-electron chi connectivity index (χ4n) is 1.94. The summed E-state index contributed by atoms with van der Waals surface area (Å²) in [5, 5.41) is 0. The molecule has 0 aliphatic heterocycles. The van der Waals surface area contributed by atoms with Crippen molar-refractivity contribution >= 4 is 11.7 Å². The second-order valence-electron chi connectivity index (χ2n) is 4.64. The lowest BCUT2D eigenvalue weighted by Crippen LogP contribution is -2.34. The van der Waals surface area contributed by atoms with E-state index in [1.54, 1.807) is 4.90 Å². The molecule has 2 N–H and O–H groups in total. The third-order valence-corrected chi connectivity index (χ3v) is 3.15. The predicted octanol–water partition coefficient (Wildman–Crippen LogP) is 2.21. The highest BCUT2D eigenvalue weighted by atomic mass is 19.1. The first kappa shape index (κ1) is 12.8. The summed E-state index contributed by atoms with van der Waals surface area (Å²) >= 11 is 0. The number of unbranched alkanes of at least 4 members (excludes halogenated alkanes) is 1. The van der Waals surface area contributed by atoms with Crippen LogP contribution in [0.5, 0.6) is 0 Å². The van der Waals surface area contributed by atoms with Crippen LogP contribution in [-0.2, 0) is 0 Å². The van der Waals surface area contributed by atoms with Crippen LogP contribution in [0.1, 0.15) is 43.0 Å². The van der Waals surface area contributed by atoms with Crippen molar-refractivity contribution in [3.8, 4) is 0 Å². The molecule has 1 aliphatic carbocycles. The lowest BCUT2D eigenvalue weighted by Gasteiger charge is -2.22. The normalized spacial score (nSPS) is 14.6. The van der Waals surface area contributed by atoms with Crippen molar-refractivity contribution in [2.75, 3.05) is 12.3 Å². The molecule has 1 aliphatic rings. The molecular weight excluding hydrogens is 233 g/mol. The van der Waals surface area contributed by atoms with Crippen LogP contribution in [0.4, 0.5) is 10.2 Å². The van der Waals surface area contributed by atoms with Crippen LogP contribution in [0.25, 0.3) is 0 Å². The number of hydrogen-bond donors (Lipinski definition) is 1. The minimum atomic E-state index is -0.704. The number of nitrogen functional groups attached to an aromatic ring is 1. The quantitative estimate of drug-likeness (QED) is 0.872. The maximum absolute atomic E-state index is 13.8. The molecule has 0 bridgehead atoms. The average molecular weight is 251 g/mol. The molecule has 0 spiro atoms. The highest BCUT2D eigenvalue weighted by Gasteiger charge is 2.33. The zero-order chi connectivity index (χ0) is 13.1. The molecule has 98 valence electrons. The average Bonchev–Trinajstić information content (AvgIpc) is 3.17. The summed E-state index contributed by atoms with van der Waals surface area (Å²) in [5.74, 6) is -1.19. The van der Waals surface area contributed by atoms with E-state index in [0.29, 0.717) is 6.54 Å². The van der Waals surface area contributed by atoms with Gasteiger partial charge in [-0.3, -0.25) is 4.79 Å². The fraction of sp³-hybridized carbons (Fsp3) is 0.538. The maximum Gasteiger partial charge on any atom is 0.257 e. The Morgan fingerprint density at radius 2 is 2.33 bits per heavy atom. The van der Waals surface area contributed by atoms with Crippen molar-refractivity contribution in [1.82, 2.24) is 9.88 Å². The molecule has 2 rings (SSSR count). The zero-order valence-electron chi connectivity index (χ0n) is 10.5. The van der Waals surface area contributed by atoms with Gasteiger partial charge in [-0.2, -0.15) is 0 Å². The molecule has 0 aromatic carbocycles. The van der Waals surface area contributed by atoms with E-state index in [-0.39, 0.29) is 23.3 Å². The smallest absolute Gasteiger partial charge is 0.257 e. The van der Waals surface area contributed by atoms with Crippen molar-refractivity contribution in [3.63, 3.8) is 0 Å². The molecular formula is C13H18FN3O. The van der Waals surface area contributed by atoms with Gasteiger partial charge in [-0.1, -0.05) is 13.3 Å². The van der Waals surface area contributed by atoms with Crippen LogP contribution < -0.4 is 5.73 Å². The van der Waals surface area contributed by atoms with Gasteiger partial charge < -0.3 is 10.6 Å². The molecule has 1 amide bonds. The summed E-state index contributed by atoms with van der Waals surface area (Å²) in [6, 6.07) is 1.67. The second kappa shape index (κ2) is 5.33. The van der Waals surface area contributed by atoms with Gasteiger partial charge in [-0.05, 0) is 25.3 Å². The molecule has 18 heavy (non-hydrogen) atoms. The molecule has 1 aromatic heterocycles. The Morgan fingerprint density at radius 3 is 2.94 bits per heavy atom. The summed E-state index contributed by atoms with van der Waals surface area (Å²) < 4.78 is 13.8. The SMILES string of the molecule is CCCCN(C(=O)c1ccnc(N)c1F)C1CC1. The predicted molar refractivity (Wildman–Crippen MR) is 67.6 cm³/mol. The lowest BCUT2D eigenvalue weighted by molar-refractivity contribution is 0.0736. The summed E-state index contributed by atoms with van der Waals surface area (Å²) in [4.78, 5) is 17.7. The number of carbonyl (C=O) groups is 1. The molecule has 1 saturated carbocycles. The lowest BCUT2D eigenvalue weighted by atomic mass is 10.2. The molecule has 0 atom stereocenters. The second-order valence-corrected chi connectivity index (χ2v) is 4.64. The first-order chi connectivity index (χ1) is 8.65. The van der Waals surface area contributed by atoms with E-state index in [4.69, 9.17) is 5.73 Å². The van der Waals surface area contributed by atoms with E-state index in [1.807, 2.05) is 0 Å². The first-order valence-corrected chi connectivity index (χ1v) is 6.36. The Hall–Kier alpha value is -1.65. The molecule has 0 unspecified atom stereocenters. The molecule has 0 radical (unpaired) electrons. The fourth-order valence-corrected chi connectivity index (χ4v) is 1.94. The van der Waals surface area contributed by atoms with Crippen LogP contribution in [0.2, 0.25) is 0 Å². The Bertz CT molecular complexity index is 446. The minimum absolute atomic E-state index is 0.0329. The van der Waals surface area contributed by atoms with Crippen LogP contribution in [-0.4, -0.2) is 28.4 Å². The first-order valence-electron chi connectivity index (χ1n) is 6.36. The highest BCUT2D eigenvalue weighted by molar-refractivity contribution is 5.95. The van der Waals surface area contributed by atoms with E-state index in [0.717, 1.165) is 25.7 Å². The number of carbonyl (C=O) groups excluding carboxylic acids is 1. The Labute approximate surface area is 106 Å². The van der Waals surface area contributed by atoms with Crippen molar-refractivity contribution in [2.45, 2.75) is 38.6 Å². The number of anilines is 1. The van der Waals surface area contributed by atoms with Crippen LogP contribution >= 0.6 is 0 Å². The molecule has 5 heteroatoms. The molecule has 4 nitrogen and oxygen atoms in total. The number of aromatic nitrogens is 1. The number of hydrogen-bond acceptors (Lipinski definition) is 3. The van der Waals surface area contributed by atoms with Crippen molar-refractivity contribution in [2.24, 2.45) is 0 Å². The van der Waals surface area contributed by atoms with Crippen LogP contribution in [0.3, 0.4) is 0 Å². The molecule has 1 fully saturated rings. The van der Waals surface area contributed by atoms with Crippen LogP contribution in [0.15, 0.2) is 12.3 Å². The van der Waals surface area contributed by atoms with Gasteiger partial charge in [0.2, 0.25) is 0 Å². The van der Waals surface area contributed by atoms with Crippen molar-refractivity contribution in [3.05, 3.63) is 23.6 Å². The van der Waals surface area contributed by atoms with E-state index >= 15 is 0 Å². The zero-order valence-corrected chi connectivity index (χ0v) is 10.5. The third-order valence-electron chi connectivity index (χ3n) is 3.15. The van der Waals surface area contributed by atoms with E-state index in [9.17, 15) is 9.18 Å². The van der Waals surface area contributed by atoms with Gasteiger partial charge in [0.05, 0.1) is 5.56 Å². The molecule has 1 heterocycles. The Morgan fingerprint density at radius 1 is 1.61 bits per heavy atom. The van der Waals surface area contributed by atoms with E-state index in [1.165, 1.54) is 12.3 Å². The largest absolute Gasteiger partial charge is 0.381 e. The van der Waals surface area contributed by atoms with Gasteiger partial charge in [0.15, 0.2) is 11.6 Å². The molecule has 1 aromatic rings. The third kappa shape index (κ3) is 2.60. The number of pyridine rings is 1. The number of amides is 1. The topological polar surface area (TPSA) is 59.2 Å². The van der Waals surface area contributed by atoms with Crippen molar-refractivity contribution < 1.29 is 9.18 Å². The summed E-state index contributed by atoms with van der Waals surface area (Å²) in [7, 11) is 0. The summed E-state index contributed by atoms with van der Waals surface area (Å²) in [6.45, 7) is 2.75. The summed E-state index contributed by atoms with van der Waals surface area (Å²) in [5.41, 5.74) is 5.43. The Kier molecular flexibility index (Phi) is 3.79. The van der Waals surface area contributed by atoms with Gasteiger partial charge >= 0.3 is 0 Å². The van der Waals surface area contributed by atoms with Gasteiger partial charge in [0.25, 0.3) is 5.91 Å². The number of nitrogens with two attached hydrogens (primary N) is 1. The highest BCUT2D eigenvalue weighted by Crippen LogP contribution is 2.29. The maximum atomic E-state index is 13.8. The standard InChI is InChI=1S/C13H18FN3O/c1-2-3-8-17(9-4-5-9)13(18)10-6-7-16-12(15)11(10)14/h6-7,9H,2-5,8H2,1H3,(H2,15,16). The van der Waals surface area contributed by atoms with E-state index in [2.05, 4.69) is 11.9 Å².